The standard InChI is InChI=1S/C14H15NO3/c1-3-11-12(14(16)17-4-2)15-13(18-11)10-8-6-5-7-9-10/h5-9H,3-4H2,1-2H3. The predicted octanol–water partition coefficient (Wildman–Crippen LogP) is 3.08. The molecule has 1 heterocycles. The van der Waals surface area contributed by atoms with Crippen molar-refractivity contribution < 1.29 is 13.9 Å². The van der Waals surface area contributed by atoms with E-state index in [9.17, 15) is 4.79 Å². The number of nitrogens with zero attached hydrogens (tertiary/aromatic N) is 1. The van der Waals surface area contributed by atoms with Crippen molar-refractivity contribution in [3.8, 4) is 11.5 Å². The van der Waals surface area contributed by atoms with Gasteiger partial charge >= 0.3 is 5.97 Å². The molecule has 1 aromatic heterocycles. The third-order valence-electron chi connectivity index (χ3n) is 2.51. The molecule has 0 aliphatic carbocycles. The van der Waals surface area contributed by atoms with Gasteiger partial charge in [-0.05, 0) is 19.1 Å². The number of benzene rings is 1. The molecule has 0 N–H and O–H groups in total. The van der Waals surface area contributed by atoms with Crippen LogP contribution in [0.25, 0.3) is 11.5 Å². The lowest BCUT2D eigenvalue weighted by Gasteiger charge is -1.97. The van der Waals surface area contributed by atoms with Crippen LogP contribution in [0.5, 0.6) is 0 Å². The second-order valence-electron chi connectivity index (χ2n) is 3.73. The molecule has 0 fully saturated rings. The molecule has 0 radical (unpaired) electrons. The Labute approximate surface area is 106 Å². The summed E-state index contributed by atoms with van der Waals surface area (Å²) in [7, 11) is 0. The van der Waals surface area contributed by atoms with Crippen molar-refractivity contribution in [2.24, 2.45) is 0 Å². The van der Waals surface area contributed by atoms with Crippen LogP contribution >= 0.6 is 0 Å². The second kappa shape index (κ2) is 5.49. The molecule has 0 saturated carbocycles. The maximum Gasteiger partial charge on any atom is 0.360 e. The predicted molar refractivity (Wildman–Crippen MR) is 67.3 cm³/mol. The maximum absolute atomic E-state index is 11.7. The van der Waals surface area contributed by atoms with Gasteiger partial charge in [-0.1, -0.05) is 25.1 Å². The lowest BCUT2D eigenvalue weighted by atomic mass is 10.2. The highest BCUT2D eigenvalue weighted by Crippen LogP contribution is 2.22. The van der Waals surface area contributed by atoms with E-state index in [1.165, 1.54) is 0 Å². The first kappa shape index (κ1) is 12.4. The number of carbonyl (C=O) groups excluding carboxylic acids is 1. The Morgan fingerprint density at radius 1 is 1.28 bits per heavy atom. The summed E-state index contributed by atoms with van der Waals surface area (Å²) in [4.78, 5) is 16.0. The van der Waals surface area contributed by atoms with Gasteiger partial charge in [0, 0.05) is 12.0 Å². The molecular formula is C14H15NO3. The first-order valence-corrected chi connectivity index (χ1v) is 5.98. The summed E-state index contributed by atoms with van der Waals surface area (Å²) in [5.41, 5.74) is 1.13. The van der Waals surface area contributed by atoms with E-state index in [1.807, 2.05) is 37.3 Å². The van der Waals surface area contributed by atoms with Crippen LogP contribution in [0.3, 0.4) is 0 Å². The highest BCUT2D eigenvalue weighted by atomic mass is 16.5. The Bertz CT molecular complexity index is 531. The largest absolute Gasteiger partial charge is 0.461 e. The molecule has 4 heteroatoms. The normalized spacial score (nSPS) is 10.3. The average Bonchev–Trinajstić information content (AvgIpc) is 2.84. The van der Waals surface area contributed by atoms with Crippen molar-refractivity contribution in [3.05, 3.63) is 41.8 Å². The first-order valence-electron chi connectivity index (χ1n) is 5.98. The minimum absolute atomic E-state index is 0.276. The van der Waals surface area contributed by atoms with Gasteiger partial charge in [0.05, 0.1) is 6.61 Å². The third kappa shape index (κ3) is 2.42. The van der Waals surface area contributed by atoms with Gasteiger partial charge in [0.25, 0.3) is 0 Å². The van der Waals surface area contributed by atoms with Crippen LogP contribution in [0.4, 0.5) is 0 Å². The van der Waals surface area contributed by atoms with E-state index in [2.05, 4.69) is 4.98 Å². The molecule has 0 unspecified atom stereocenters. The molecular weight excluding hydrogens is 230 g/mol. The zero-order valence-electron chi connectivity index (χ0n) is 10.5. The number of ether oxygens (including phenoxy) is 1. The van der Waals surface area contributed by atoms with Crippen LogP contribution in [-0.4, -0.2) is 17.6 Å². The SMILES string of the molecule is CCOC(=O)c1nc(-c2ccccc2)oc1CC. The Kier molecular flexibility index (Phi) is 3.77. The van der Waals surface area contributed by atoms with Crippen LogP contribution in [0.15, 0.2) is 34.7 Å². The second-order valence-corrected chi connectivity index (χ2v) is 3.73. The number of rotatable bonds is 4. The fourth-order valence-corrected chi connectivity index (χ4v) is 1.65. The topological polar surface area (TPSA) is 52.3 Å². The zero-order chi connectivity index (χ0) is 13.0. The van der Waals surface area contributed by atoms with Crippen molar-refractivity contribution in [3.63, 3.8) is 0 Å². The van der Waals surface area contributed by atoms with Crippen molar-refractivity contribution in [1.82, 2.24) is 4.98 Å². The fourth-order valence-electron chi connectivity index (χ4n) is 1.65. The van der Waals surface area contributed by atoms with E-state index in [1.54, 1.807) is 6.92 Å². The van der Waals surface area contributed by atoms with Gasteiger partial charge in [0.2, 0.25) is 5.89 Å². The average molecular weight is 245 g/mol. The van der Waals surface area contributed by atoms with Gasteiger partial charge in [-0.3, -0.25) is 0 Å². The van der Waals surface area contributed by atoms with E-state index in [0.29, 0.717) is 24.7 Å². The molecule has 0 bridgehead atoms. The van der Waals surface area contributed by atoms with Crippen LogP contribution in [-0.2, 0) is 11.2 Å². The third-order valence-corrected chi connectivity index (χ3v) is 2.51. The van der Waals surface area contributed by atoms with E-state index in [4.69, 9.17) is 9.15 Å². The molecule has 94 valence electrons. The fraction of sp³-hybridized carbons (Fsp3) is 0.286. The number of hydrogen-bond donors (Lipinski definition) is 0. The van der Waals surface area contributed by atoms with Gasteiger partial charge in [-0.25, -0.2) is 9.78 Å². The molecule has 4 nitrogen and oxygen atoms in total. The van der Waals surface area contributed by atoms with Crippen molar-refractivity contribution in [2.45, 2.75) is 20.3 Å². The molecule has 1 aromatic carbocycles. The van der Waals surface area contributed by atoms with Gasteiger partial charge < -0.3 is 9.15 Å². The number of carbonyl (C=O) groups is 1. The molecule has 0 saturated heterocycles. The number of oxazole rings is 1. The summed E-state index contributed by atoms with van der Waals surface area (Å²) < 4.78 is 10.6. The molecule has 0 amide bonds. The van der Waals surface area contributed by atoms with E-state index in [0.717, 1.165) is 5.56 Å². The van der Waals surface area contributed by atoms with Crippen LogP contribution < -0.4 is 0 Å². The van der Waals surface area contributed by atoms with Crippen molar-refractivity contribution in [1.29, 1.82) is 0 Å². The maximum atomic E-state index is 11.7. The number of esters is 1. The van der Waals surface area contributed by atoms with Gasteiger partial charge in [-0.15, -0.1) is 0 Å². The van der Waals surface area contributed by atoms with Crippen LogP contribution in [0.1, 0.15) is 30.1 Å². The molecule has 0 spiro atoms. The van der Waals surface area contributed by atoms with Gasteiger partial charge in [-0.2, -0.15) is 0 Å². The lowest BCUT2D eigenvalue weighted by molar-refractivity contribution is 0.0518. The van der Waals surface area contributed by atoms with E-state index < -0.39 is 5.97 Å². The van der Waals surface area contributed by atoms with Crippen LogP contribution in [0.2, 0.25) is 0 Å². The Hall–Kier alpha value is -2.10. The molecule has 2 aromatic rings. The molecule has 2 rings (SSSR count). The Morgan fingerprint density at radius 2 is 2.00 bits per heavy atom. The Morgan fingerprint density at radius 3 is 2.61 bits per heavy atom. The summed E-state index contributed by atoms with van der Waals surface area (Å²) in [5.74, 6) is 0.586. The summed E-state index contributed by atoms with van der Waals surface area (Å²) in [5, 5.41) is 0. The Balaban J connectivity index is 2.38. The number of aryl methyl sites for hydroxylation is 1. The molecule has 0 aliphatic heterocycles. The van der Waals surface area contributed by atoms with E-state index in [-0.39, 0.29) is 5.69 Å². The summed E-state index contributed by atoms with van der Waals surface area (Å²) in [6, 6.07) is 9.49. The molecule has 0 aliphatic rings. The summed E-state index contributed by atoms with van der Waals surface area (Å²) >= 11 is 0. The first-order chi connectivity index (χ1) is 8.76. The number of aromatic nitrogens is 1. The van der Waals surface area contributed by atoms with Gasteiger partial charge in [0.15, 0.2) is 5.69 Å². The minimum Gasteiger partial charge on any atom is -0.461 e. The number of hydrogen-bond acceptors (Lipinski definition) is 4. The molecule has 18 heavy (non-hydrogen) atoms. The van der Waals surface area contributed by atoms with Gasteiger partial charge in [0.1, 0.15) is 5.76 Å². The smallest absolute Gasteiger partial charge is 0.360 e. The monoisotopic (exact) mass is 245 g/mol. The highest BCUT2D eigenvalue weighted by Gasteiger charge is 2.20. The van der Waals surface area contributed by atoms with Crippen molar-refractivity contribution in [2.75, 3.05) is 6.61 Å². The summed E-state index contributed by atoms with van der Waals surface area (Å²) in [6.45, 7) is 4.01. The quantitative estimate of drug-likeness (QED) is 0.777. The van der Waals surface area contributed by atoms with Crippen molar-refractivity contribution >= 4 is 5.97 Å². The molecule has 0 atom stereocenters. The zero-order valence-corrected chi connectivity index (χ0v) is 10.5. The van der Waals surface area contributed by atoms with Crippen LogP contribution in [0, 0.1) is 0 Å². The van der Waals surface area contributed by atoms with E-state index >= 15 is 0 Å². The highest BCUT2D eigenvalue weighted by molar-refractivity contribution is 5.89. The lowest BCUT2D eigenvalue weighted by Crippen LogP contribution is -2.07. The minimum atomic E-state index is -0.430. The summed E-state index contributed by atoms with van der Waals surface area (Å²) in [6.07, 6.45) is 0.605.